The number of amides is 4. The van der Waals surface area contributed by atoms with Gasteiger partial charge in [-0.05, 0) is 36.4 Å². The molecular formula is C18H15N3O6S. The first kappa shape index (κ1) is 19.2. The highest BCUT2D eigenvalue weighted by atomic mass is 32.2. The first-order valence-corrected chi connectivity index (χ1v) is 9.56. The second kappa shape index (κ2) is 7.24. The molecular weight excluding hydrogens is 386 g/mol. The molecule has 2 aromatic carbocycles. The van der Waals surface area contributed by atoms with Crippen molar-refractivity contribution >= 4 is 39.3 Å². The quantitative estimate of drug-likeness (QED) is 0.711. The molecule has 0 aromatic heterocycles. The van der Waals surface area contributed by atoms with Crippen molar-refractivity contribution in [2.45, 2.75) is 11.8 Å². The van der Waals surface area contributed by atoms with E-state index in [1.807, 2.05) is 4.72 Å². The molecule has 2 aromatic rings. The average molecular weight is 401 g/mol. The van der Waals surface area contributed by atoms with E-state index < -0.39 is 40.2 Å². The van der Waals surface area contributed by atoms with Crippen molar-refractivity contribution in [3.8, 4) is 0 Å². The summed E-state index contributed by atoms with van der Waals surface area (Å²) >= 11 is 0. The summed E-state index contributed by atoms with van der Waals surface area (Å²) in [5, 5.41) is 2.49. The number of carbonyl (C=O) groups is 4. The second-order valence-corrected chi connectivity index (χ2v) is 7.66. The van der Waals surface area contributed by atoms with Crippen LogP contribution in [-0.2, 0) is 19.6 Å². The number of benzene rings is 2. The molecule has 0 saturated heterocycles. The minimum Gasteiger partial charge on any atom is -0.325 e. The Morgan fingerprint density at radius 3 is 1.96 bits per heavy atom. The van der Waals surface area contributed by atoms with E-state index in [4.69, 9.17) is 0 Å². The molecule has 1 heterocycles. The van der Waals surface area contributed by atoms with Gasteiger partial charge in [-0.3, -0.25) is 24.1 Å². The molecule has 28 heavy (non-hydrogen) atoms. The summed E-state index contributed by atoms with van der Waals surface area (Å²) in [5.41, 5.74) is 0.754. The van der Waals surface area contributed by atoms with Crippen LogP contribution in [0.2, 0.25) is 0 Å². The number of sulfonamides is 1. The molecule has 0 radical (unpaired) electrons. The van der Waals surface area contributed by atoms with Crippen molar-refractivity contribution < 1.29 is 27.6 Å². The molecule has 0 fully saturated rings. The topological polar surface area (TPSA) is 130 Å². The summed E-state index contributed by atoms with van der Waals surface area (Å²) in [4.78, 5) is 48.4. The van der Waals surface area contributed by atoms with Crippen LogP contribution < -0.4 is 10.0 Å². The zero-order valence-corrected chi connectivity index (χ0v) is 15.4. The van der Waals surface area contributed by atoms with Crippen molar-refractivity contribution in [1.82, 2.24) is 9.62 Å². The standard InChI is InChI=1S/C18H15N3O6S/c1-11(22)20-28(26,27)13-8-6-12(7-9-13)19-16(23)10-21-17(24)14-4-2-3-5-15(14)18(21)25/h2-9H,10H2,1H3,(H,19,23)(H,20,22). The Morgan fingerprint density at radius 1 is 0.929 bits per heavy atom. The van der Waals surface area contributed by atoms with Crippen molar-refractivity contribution in [2.24, 2.45) is 0 Å². The van der Waals surface area contributed by atoms with E-state index in [2.05, 4.69) is 5.32 Å². The van der Waals surface area contributed by atoms with Crippen molar-refractivity contribution in [3.05, 3.63) is 59.7 Å². The maximum Gasteiger partial charge on any atom is 0.264 e. The lowest BCUT2D eigenvalue weighted by Gasteiger charge is -2.14. The molecule has 144 valence electrons. The van der Waals surface area contributed by atoms with Gasteiger partial charge in [-0.1, -0.05) is 12.1 Å². The monoisotopic (exact) mass is 401 g/mol. The van der Waals surface area contributed by atoms with E-state index in [0.717, 1.165) is 11.8 Å². The summed E-state index contributed by atoms with van der Waals surface area (Å²) < 4.78 is 25.6. The number of anilines is 1. The normalized spacial score (nSPS) is 13.2. The molecule has 10 heteroatoms. The number of rotatable bonds is 5. The molecule has 1 aliphatic heterocycles. The lowest BCUT2D eigenvalue weighted by Crippen LogP contribution is -2.37. The maximum atomic E-state index is 12.3. The van der Waals surface area contributed by atoms with Gasteiger partial charge in [0.25, 0.3) is 21.8 Å². The Balaban J connectivity index is 1.67. The Morgan fingerprint density at radius 2 is 1.46 bits per heavy atom. The van der Waals surface area contributed by atoms with Gasteiger partial charge in [-0.15, -0.1) is 0 Å². The minimum absolute atomic E-state index is 0.152. The Labute approximate surface area is 160 Å². The van der Waals surface area contributed by atoms with Gasteiger partial charge >= 0.3 is 0 Å². The highest BCUT2D eigenvalue weighted by Gasteiger charge is 2.36. The molecule has 9 nitrogen and oxygen atoms in total. The van der Waals surface area contributed by atoms with Gasteiger partial charge in [0.05, 0.1) is 16.0 Å². The molecule has 0 unspecified atom stereocenters. The summed E-state index contributed by atoms with van der Waals surface area (Å²) in [6, 6.07) is 11.4. The van der Waals surface area contributed by atoms with Gasteiger partial charge in [0.2, 0.25) is 11.8 Å². The number of nitrogens with zero attached hydrogens (tertiary/aromatic N) is 1. The molecule has 3 rings (SSSR count). The fourth-order valence-electron chi connectivity index (χ4n) is 2.69. The predicted octanol–water partition coefficient (Wildman–Crippen LogP) is 0.746. The SMILES string of the molecule is CC(=O)NS(=O)(=O)c1ccc(NC(=O)CN2C(=O)c3ccccc3C2=O)cc1. The minimum atomic E-state index is -3.98. The Hall–Kier alpha value is -3.53. The van der Waals surface area contributed by atoms with Gasteiger partial charge in [0.15, 0.2) is 0 Å². The number of carbonyl (C=O) groups excluding carboxylic acids is 4. The number of hydrogen-bond donors (Lipinski definition) is 2. The highest BCUT2D eigenvalue weighted by molar-refractivity contribution is 7.90. The van der Waals surface area contributed by atoms with Crippen molar-refractivity contribution in [1.29, 1.82) is 0 Å². The number of hydrogen-bond acceptors (Lipinski definition) is 6. The van der Waals surface area contributed by atoms with E-state index >= 15 is 0 Å². The van der Waals surface area contributed by atoms with Crippen LogP contribution in [0, 0.1) is 0 Å². The molecule has 4 amide bonds. The third-order valence-corrected chi connectivity index (χ3v) is 5.36. The van der Waals surface area contributed by atoms with E-state index in [-0.39, 0.29) is 21.7 Å². The van der Waals surface area contributed by atoms with E-state index in [1.54, 1.807) is 12.1 Å². The maximum absolute atomic E-state index is 12.3. The van der Waals surface area contributed by atoms with Crippen LogP contribution in [0.15, 0.2) is 53.4 Å². The highest BCUT2D eigenvalue weighted by Crippen LogP contribution is 2.22. The van der Waals surface area contributed by atoms with Crippen molar-refractivity contribution in [3.63, 3.8) is 0 Å². The third kappa shape index (κ3) is 3.76. The fraction of sp³-hybridized carbons (Fsp3) is 0.111. The largest absolute Gasteiger partial charge is 0.325 e. The number of nitrogens with one attached hydrogen (secondary N) is 2. The van der Waals surface area contributed by atoms with Crippen LogP contribution in [0.4, 0.5) is 5.69 Å². The number of fused-ring (bicyclic) bond motifs is 1. The third-order valence-electron chi connectivity index (χ3n) is 3.91. The van der Waals surface area contributed by atoms with E-state index in [0.29, 0.717) is 0 Å². The zero-order valence-electron chi connectivity index (χ0n) is 14.6. The van der Waals surface area contributed by atoms with E-state index in [9.17, 15) is 27.6 Å². The average Bonchev–Trinajstić information content (AvgIpc) is 2.86. The molecule has 0 spiro atoms. The van der Waals surface area contributed by atoms with E-state index in [1.165, 1.54) is 36.4 Å². The first-order valence-electron chi connectivity index (χ1n) is 8.07. The second-order valence-electron chi connectivity index (χ2n) is 5.98. The van der Waals surface area contributed by atoms with Crippen LogP contribution in [0.1, 0.15) is 27.6 Å². The van der Waals surface area contributed by atoms with Crippen LogP contribution >= 0.6 is 0 Å². The molecule has 0 aliphatic carbocycles. The lowest BCUT2D eigenvalue weighted by molar-refractivity contribution is -0.117. The zero-order chi connectivity index (χ0) is 20.5. The smallest absolute Gasteiger partial charge is 0.264 e. The molecule has 2 N–H and O–H groups in total. The summed E-state index contributed by atoms with van der Waals surface area (Å²) in [6.07, 6.45) is 0. The van der Waals surface area contributed by atoms with Gasteiger partial charge < -0.3 is 5.32 Å². The molecule has 0 saturated carbocycles. The summed E-state index contributed by atoms with van der Waals surface area (Å²) in [5.74, 6) is -2.44. The first-order chi connectivity index (χ1) is 13.2. The van der Waals surface area contributed by atoms with Gasteiger partial charge in [-0.25, -0.2) is 13.1 Å². The van der Waals surface area contributed by atoms with Crippen LogP contribution in [0.25, 0.3) is 0 Å². The Bertz CT molecular complexity index is 1060. The molecule has 0 atom stereocenters. The lowest BCUT2D eigenvalue weighted by atomic mass is 10.1. The fourth-order valence-corrected chi connectivity index (χ4v) is 3.68. The van der Waals surface area contributed by atoms with Crippen LogP contribution in [0.5, 0.6) is 0 Å². The van der Waals surface area contributed by atoms with Gasteiger partial charge in [-0.2, -0.15) is 0 Å². The Kier molecular flexibility index (Phi) is 4.97. The van der Waals surface area contributed by atoms with Crippen molar-refractivity contribution in [2.75, 3.05) is 11.9 Å². The van der Waals surface area contributed by atoms with Crippen LogP contribution in [0.3, 0.4) is 0 Å². The van der Waals surface area contributed by atoms with Crippen LogP contribution in [-0.4, -0.2) is 43.5 Å². The van der Waals surface area contributed by atoms with Gasteiger partial charge in [0.1, 0.15) is 6.54 Å². The predicted molar refractivity (Wildman–Crippen MR) is 97.9 cm³/mol. The summed E-state index contributed by atoms with van der Waals surface area (Å²) in [6.45, 7) is 0.601. The molecule has 1 aliphatic rings. The molecule has 0 bridgehead atoms. The van der Waals surface area contributed by atoms with Gasteiger partial charge in [0, 0.05) is 12.6 Å². The summed E-state index contributed by atoms with van der Waals surface area (Å²) in [7, 11) is -3.98. The number of imide groups is 1.